The van der Waals surface area contributed by atoms with Gasteiger partial charge in [-0.2, -0.15) is 0 Å². The van der Waals surface area contributed by atoms with E-state index in [0.29, 0.717) is 25.3 Å². The Morgan fingerprint density at radius 2 is 1.31 bits per heavy atom. The Kier molecular flexibility index (Phi) is 6.89. The standard InChI is InChI=1S/C31H30N2O3/c1-31(25-16-18-27(19-17-25)36-23-22-35-26-12-6-3-7-13-26)32-29-15-9-8-14-28(29)30(34)33(31)21-20-24-10-4-2-5-11-24/h2-19,32H,20-23H2,1H3. The monoisotopic (exact) mass is 478 g/mol. The molecule has 182 valence electrons. The lowest BCUT2D eigenvalue weighted by Crippen LogP contribution is -2.56. The molecule has 1 aliphatic heterocycles. The lowest BCUT2D eigenvalue weighted by molar-refractivity contribution is 0.0539. The van der Waals surface area contributed by atoms with Crippen LogP contribution in [-0.4, -0.2) is 30.6 Å². The minimum absolute atomic E-state index is 0.0289. The van der Waals surface area contributed by atoms with Crippen LogP contribution in [0, 0.1) is 0 Å². The Morgan fingerprint density at radius 1 is 0.722 bits per heavy atom. The van der Waals surface area contributed by atoms with Gasteiger partial charge in [0.05, 0.1) is 5.56 Å². The number of ether oxygens (including phenoxy) is 2. The summed E-state index contributed by atoms with van der Waals surface area (Å²) >= 11 is 0. The summed E-state index contributed by atoms with van der Waals surface area (Å²) in [7, 11) is 0. The first-order valence-corrected chi connectivity index (χ1v) is 12.3. The van der Waals surface area contributed by atoms with E-state index in [-0.39, 0.29) is 5.91 Å². The van der Waals surface area contributed by atoms with Crippen LogP contribution in [0.5, 0.6) is 11.5 Å². The van der Waals surface area contributed by atoms with Crippen molar-refractivity contribution < 1.29 is 14.3 Å². The van der Waals surface area contributed by atoms with Gasteiger partial charge in [0.25, 0.3) is 5.91 Å². The number of nitrogens with zero attached hydrogens (tertiary/aromatic N) is 1. The quantitative estimate of drug-likeness (QED) is 0.294. The van der Waals surface area contributed by atoms with Crippen LogP contribution in [0.4, 0.5) is 5.69 Å². The van der Waals surface area contributed by atoms with Gasteiger partial charge in [-0.3, -0.25) is 4.79 Å². The van der Waals surface area contributed by atoms with Gasteiger partial charge in [-0.15, -0.1) is 0 Å². The van der Waals surface area contributed by atoms with E-state index in [4.69, 9.17) is 9.47 Å². The first kappa shape index (κ1) is 23.5. The van der Waals surface area contributed by atoms with Gasteiger partial charge in [-0.1, -0.05) is 72.8 Å². The van der Waals surface area contributed by atoms with Crippen molar-refractivity contribution in [1.82, 2.24) is 4.90 Å². The highest BCUT2D eigenvalue weighted by atomic mass is 16.5. The molecule has 36 heavy (non-hydrogen) atoms. The Morgan fingerprint density at radius 3 is 2.00 bits per heavy atom. The molecule has 4 aromatic rings. The molecule has 0 aromatic heterocycles. The second-order valence-corrected chi connectivity index (χ2v) is 8.97. The Bertz CT molecular complexity index is 1290. The molecule has 4 aromatic carbocycles. The molecule has 1 heterocycles. The minimum atomic E-state index is -0.699. The first-order valence-electron chi connectivity index (χ1n) is 12.3. The van der Waals surface area contributed by atoms with Crippen molar-refractivity contribution in [2.75, 3.05) is 25.1 Å². The van der Waals surface area contributed by atoms with Crippen molar-refractivity contribution in [3.63, 3.8) is 0 Å². The van der Waals surface area contributed by atoms with E-state index in [1.807, 2.05) is 102 Å². The summed E-state index contributed by atoms with van der Waals surface area (Å²) in [4.78, 5) is 15.6. The molecule has 0 saturated heterocycles. The van der Waals surface area contributed by atoms with Gasteiger partial charge in [0.2, 0.25) is 0 Å². The molecule has 0 fully saturated rings. The molecule has 1 amide bonds. The fourth-order valence-corrected chi connectivity index (χ4v) is 4.61. The summed E-state index contributed by atoms with van der Waals surface area (Å²) in [6.07, 6.45) is 0.772. The van der Waals surface area contributed by atoms with Crippen LogP contribution in [0.2, 0.25) is 0 Å². The number of amides is 1. The average Bonchev–Trinajstić information content (AvgIpc) is 2.92. The number of para-hydroxylation sites is 2. The molecule has 0 radical (unpaired) electrons. The molecule has 0 bridgehead atoms. The van der Waals surface area contributed by atoms with Crippen LogP contribution in [0.25, 0.3) is 0 Å². The van der Waals surface area contributed by atoms with Crippen molar-refractivity contribution in [2.24, 2.45) is 0 Å². The Hall–Kier alpha value is -4.25. The largest absolute Gasteiger partial charge is 0.490 e. The third kappa shape index (κ3) is 5.05. The van der Waals surface area contributed by atoms with Gasteiger partial charge < -0.3 is 19.7 Å². The number of hydrogen-bond donors (Lipinski definition) is 1. The summed E-state index contributed by atoms with van der Waals surface area (Å²) in [5.74, 6) is 1.62. The maximum Gasteiger partial charge on any atom is 0.258 e. The normalized spacial score (nSPS) is 16.7. The third-order valence-corrected chi connectivity index (χ3v) is 6.57. The second kappa shape index (κ2) is 10.6. The number of anilines is 1. The van der Waals surface area contributed by atoms with Crippen molar-refractivity contribution in [3.8, 4) is 11.5 Å². The lowest BCUT2D eigenvalue weighted by atomic mass is 9.93. The molecule has 5 rings (SSSR count). The highest BCUT2D eigenvalue weighted by molar-refractivity contribution is 6.02. The van der Waals surface area contributed by atoms with Gasteiger partial charge in [0.15, 0.2) is 0 Å². The molecule has 0 spiro atoms. The van der Waals surface area contributed by atoms with Crippen molar-refractivity contribution >= 4 is 11.6 Å². The zero-order valence-electron chi connectivity index (χ0n) is 20.4. The van der Waals surface area contributed by atoms with Crippen LogP contribution in [0.1, 0.15) is 28.4 Å². The maximum atomic E-state index is 13.6. The number of carbonyl (C=O) groups is 1. The molecule has 0 saturated carbocycles. The van der Waals surface area contributed by atoms with Crippen molar-refractivity contribution in [3.05, 3.63) is 126 Å². The third-order valence-electron chi connectivity index (χ3n) is 6.57. The number of nitrogens with one attached hydrogen (secondary N) is 1. The van der Waals surface area contributed by atoms with E-state index in [1.54, 1.807) is 0 Å². The summed E-state index contributed by atoms with van der Waals surface area (Å²) in [5, 5.41) is 3.64. The topological polar surface area (TPSA) is 50.8 Å². The van der Waals surface area contributed by atoms with Crippen LogP contribution in [0.15, 0.2) is 109 Å². The molecule has 1 atom stereocenters. The van der Waals surface area contributed by atoms with Gasteiger partial charge in [-0.25, -0.2) is 0 Å². The highest BCUT2D eigenvalue weighted by Gasteiger charge is 2.42. The maximum absolute atomic E-state index is 13.6. The van der Waals surface area contributed by atoms with Gasteiger partial charge in [-0.05, 0) is 60.9 Å². The molecule has 5 nitrogen and oxygen atoms in total. The molecule has 1 unspecified atom stereocenters. The summed E-state index contributed by atoms with van der Waals surface area (Å²) in [5.41, 5.74) is 3.04. The number of rotatable bonds is 9. The van der Waals surface area contributed by atoms with E-state index in [2.05, 4.69) is 24.4 Å². The zero-order valence-corrected chi connectivity index (χ0v) is 20.4. The van der Waals surface area contributed by atoms with E-state index in [0.717, 1.165) is 29.2 Å². The molecule has 0 aliphatic carbocycles. The second-order valence-electron chi connectivity index (χ2n) is 8.97. The van der Waals surface area contributed by atoms with Crippen molar-refractivity contribution in [1.29, 1.82) is 0 Å². The van der Waals surface area contributed by atoms with E-state index < -0.39 is 5.66 Å². The fourth-order valence-electron chi connectivity index (χ4n) is 4.61. The molecular weight excluding hydrogens is 448 g/mol. The fraction of sp³-hybridized carbons (Fsp3) is 0.194. The smallest absolute Gasteiger partial charge is 0.258 e. The lowest BCUT2D eigenvalue weighted by Gasteiger charge is -2.47. The summed E-state index contributed by atoms with van der Waals surface area (Å²) in [6, 6.07) is 35.6. The van der Waals surface area contributed by atoms with E-state index >= 15 is 0 Å². The summed E-state index contributed by atoms with van der Waals surface area (Å²) < 4.78 is 11.6. The van der Waals surface area contributed by atoms with Gasteiger partial charge in [0, 0.05) is 12.2 Å². The Labute approximate surface area is 212 Å². The predicted molar refractivity (Wildman–Crippen MR) is 142 cm³/mol. The van der Waals surface area contributed by atoms with Crippen LogP contribution in [-0.2, 0) is 12.1 Å². The molecule has 5 heteroatoms. The average molecular weight is 479 g/mol. The number of carbonyl (C=O) groups excluding carboxylic acids is 1. The van der Waals surface area contributed by atoms with E-state index in [1.165, 1.54) is 5.56 Å². The zero-order chi connectivity index (χ0) is 24.8. The Balaban J connectivity index is 1.31. The van der Waals surface area contributed by atoms with E-state index in [9.17, 15) is 4.79 Å². The summed E-state index contributed by atoms with van der Waals surface area (Å²) in [6.45, 7) is 3.56. The van der Waals surface area contributed by atoms with Crippen LogP contribution < -0.4 is 14.8 Å². The number of benzene rings is 4. The van der Waals surface area contributed by atoms with Crippen molar-refractivity contribution in [2.45, 2.75) is 19.0 Å². The SMILES string of the molecule is CC1(c2ccc(OCCOc3ccccc3)cc2)Nc2ccccc2C(=O)N1CCc1ccccc1. The number of fused-ring (bicyclic) bond motifs is 1. The van der Waals surface area contributed by atoms with Gasteiger partial charge in [0.1, 0.15) is 30.4 Å². The highest BCUT2D eigenvalue weighted by Crippen LogP contribution is 2.38. The molecule has 1 aliphatic rings. The van der Waals surface area contributed by atoms with Gasteiger partial charge >= 0.3 is 0 Å². The first-order chi connectivity index (χ1) is 17.6. The van der Waals surface area contributed by atoms with Crippen LogP contribution in [0.3, 0.4) is 0 Å². The molecule has 1 N–H and O–H groups in total. The minimum Gasteiger partial charge on any atom is -0.490 e. The van der Waals surface area contributed by atoms with Crippen LogP contribution >= 0.6 is 0 Å². The predicted octanol–water partition coefficient (Wildman–Crippen LogP) is 6.13. The molecular formula is C31H30N2O3. The number of hydrogen-bond acceptors (Lipinski definition) is 4.